The third kappa shape index (κ3) is 5.91. The summed E-state index contributed by atoms with van der Waals surface area (Å²) < 4.78 is 10.6. The van der Waals surface area contributed by atoms with Gasteiger partial charge in [0.25, 0.3) is 0 Å². The standard InChI is InChI=1S/C31H39N3O3/c1-36-30-13-6-5-12-29(30)34-20-18-33(19-21-34)28-16-17-32(23-26(28)14-15-31(35)37-2)22-25-10-7-9-24-8-3-4-11-27(24)25/h3-13,26,28H,14-23H2,1-2H3/t26-,28+/m1/s1. The van der Waals surface area contributed by atoms with E-state index in [2.05, 4.69) is 69.3 Å². The number of para-hydroxylation sites is 2. The van der Waals surface area contributed by atoms with Crippen LogP contribution in [0.4, 0.5) is 5.69 Å². The monoisotopic (exact) mass is 501 g/mol. The lowest BCUT2D eigenvalue weighted by molar-refractivity contribution is -0.141. The molecule has 2 aliphatic rings. The summed E-state index contributed by atoms with van der Waals surface area (Å²) in [5.41, 5.74) is 2.56. The predicted octanol–water partition coefficient (Wildman–Crippen LogP) is 4.81. The number of hydrogen-bond acceptors (Lipinski definition) is 6. The van der Waals surface area contributed by atoms with Crippen molar-refractivity contribution in [2.24, 2.45) is 5.92 Å². The Morgan fingerprint density at radius 2 is 1.65 bits per heavy atom. The van der Waals surface area contributed by atoms with Crippen LogP contribution in [-0.2, 0) is 16.1 Å². The Morgan fingerprint density at radius 3 is 2.46 bits per heavy atom. The van der Waals surface area contributed by atoms with Gasteiger partial charge in [0.1, 0.15) is 5.75 Å². The highest BCUT2D eigenvalue weighted by atomic mass is 16.5. The Kier molecular flexibility index (Phi) is 8.27. The van der Waals surface area contributed by atoms with E-state index in [1.54, 1.807) is 7.11 Å². The average molecular weight is 502 g/mol. The minimum atomic E-state index is -0.106. The van der Waals surface area contributed by atoms with Crippen molar-refractivity contribution in [1.29, 1.82) is 0 Å². The van der Waals surface area contributed by atoms with Crippen LogP contribution in [0.15, 0.2) is 66.7 Å². The van der Waals surface area contributed by atoms with Crippen LogP contribution in [0.1, 0.15) is 24.8 Å². The van der Waals surface area contributed by atoms with Gasteiger partial charge in [0.2, 0.25) is 0 Å². The van der Waals surface area contributed by atoms with Gasteiger partial charge in [-0.2, -0.15) is 0 Å². The Hall–Kier alpha value is -3.09. The Morgan fingerprint density at radius 1 is 0.892 bits per heavy atom. The fraction of sp³-hybridized carbons (Fsp3) is 0.452. The van der Waals surface area contributed by atoms with Crippen molar-refractivity contribution in [3.05, 3.63) is 72.3 Å². The summed E-state index contributed by atoms with van der Waals surface area (Å²) in [5.74, 6) is 1.28. The number of nitrogens with zero attached hydrogens (tertiary/aromatic N) is 3. The molecule has 2 atom stereocenters. The number of rotatable bonds is 8. The SMILES string of the molecule is COC(=O)CC[C@@H]1CN(Cc2cccc3ccccc23)CC[C@@H]1N1CCN(c2ccccc2OC)CC1. The quantitative estimate of drug-likeness (QED) is 0.413. The number of piperazine rings is 1. The maximum atomic E-state index is 12.0. The van der Waals surface area contributed by atoms with Crippen LogP contribution in [0.3, 0.4) is 0 Å². The summed E-state index contributed by atoms with van der Waals surface area (Å²) in [5, 5.41) is 2.63. The van der Waals surface area contributed by atoms with Gasteiger partial charge in [0.05, 0.1) is 19.9 Å². The normalized spacial score (nSPS) is 21.2. The van der Waals surface area contributed by atoms with Gasteiger partial charge in [-0.3, -0.25) is 14.6 Å². The molecule has 6 nitrogen and oxygen atoms in total. The fourth-order valence-electron chi connectivity index (χ4n) is 6.27. The van der Waals surface area contributed by atoms with Crippen molar-refractivity contribution in [3.8, 4) is 5.75 Å². The first kappa shape index (κ1) is 25.6. The molecule has 0 saturated carbocycles. The van der Waals surface area contributed by atoms with Crippen molar-refractivity contribution in [1.82, 2.24) is 9.80 Å². The topological polar surface area (TPSA) is 45.2 Å². The van der Waals surface area contributed by atoms with Gasteiger partial charge in [-0.25, -0.2) is 0 Å². The molecule has 2 aliphatic heterocycles. The molecule has 37 heavy (non-hydrogen) atoms. The molecule has 0 aliphatic carbocycles. The van der Waals surface area contributed by atoms with Crippen LogP contribution in [-0.4, -0.2) is 75.3 Å². The van der Waals surface area contributed by atoms with Gasteiger partial charge in [0, 0.05) is 51.7 Å². The van der Waals surface area contributed by atoms with E-state index in [0.29, 0.717) is 18.4 Å². The number of ether oxygens (including phenoxy) is 2. The maximum Gasteiger partial charge on any atom is 0.305 e. The summed E-state index contributed by atoms with van der Waals surface area (Å²) in [7, 11) is 3.23. The summed E-state index contributed by atoms with van der Waals surface area (Å²) in [4.78, 5) is 19.7. The van der Waals surface area contributed by atoms with E-state index < -0.39 is 0 Å². The van der Waals surface area contributed by atoms with E-state index in [1.165, 1.54) is 29.1 Å². The van der Waals surface area contributed by atoms with E-state index in [9.17, 15) is 4.79 Å². The summed E-state index contributed by atoms with van der Waals surface area (Å²) >= 11 is 0. The first-order valence-electron chi connectivity index (χ1n) is 13.5. The molecular weight excluding hydrogens is 462 g/mol. The van der Waals surface area contributed by atoms with E-state index >= 15 is 0 Å². The number of fused-ring (bicyclic) bond motifs is 1. The predicted molar refractivity (Wildman–Crippen MR) is 149 cm³/mol. The van der Waals surface area contributed by atoms with E-state index in [-0.39, 0.29) is 5.97 Å². The average Bonchev–Trinajstić information content (AvgIpc) is 2.96. The third-order valence-corrected chi connectivity index (χ3v) is 8.21. The molecule has 0 radical (unpaired) electrons. The van der Waals surface area contributed by atoms with Crippen LogP contribution in [0.2, 0.25) is 0 Å². The molecule has 2 saturated heterocycles. The number of carbonyl (C=O) groups excluding carboxylic acids is 1. The van der Waals surface area contributed by atoms with Crippen molar-refractivity contribution in [2.75, 3.05) is 58.4 Å². The van der Waals surface area contributed by atoms with E-state index in [1.807, 2.05) is 12.1 Å². The zero-order valence-electron chi connectivity index (χ0n) is 22.1. The second-order valence-corrected chi connectivity index (χ2v) is 10.3. The van der Waals surface area contributed by atoms with Gasteiger partial charge in [-0.15, -0.1) is 0 Å². The van der Waals surface area contributed by atoms with Crippen LogP contribution in [0, 0.1) is 5.92 Å². The van der Waals surface area contributed by atoms with E-state index in [4.69, 9.17) is 9.47 Å². The molecule has 0 amide bonds. The fourth-order valence-corrected chi connectivity index (χ4v) is 6.27. The molecule has 2 fully saturated rings. The van der Waals surface area contributed by atoms with Gasteiger partial charge in [-0.05, 0) is 53.8 Å². The maximum absolute atomic E-state index is 12.0. The lowest BCUT2D eigenvalue weighted by atomic mass is 9.86. The lowest BCUT2D eigenvalue weighted by Gasteiger charge is -2.47. The number of methoxy groups -OCH3 is 2. The zero-order valence-corrected chi connectivity index (χ0v) is 22.1. The Bertz CT molecular complexity index is 1190. The summed E-state index contributed by atoms with van der Waals surface area (Å²) in [6.07, 6.45) is 2.49. The molecule has 3 aromatic rings. The largest absolute Gasteiger partial charge is 0.495 e. The molecule has 0 unspecified atom stereocenters. The van der Waals surface area contributed by atoms with Gasteiger partial charge < -0.3 is 14.4 Å². The zero-order chi connectivity index (χ0) is 25.6. The minimum Gasteiger partial charge on any atom is -0.495 e. The van der Waals surface area contributed by atoms with Crippen molar-refractivity contribution in [2.45, 2.75) is 31.8 Å². The molecule has 196 valence electrons. The second-order valence-electron chi connectivity index (χ2n) is 10.3. The minimum absolute atomic E-state index is 0.106. The van der Waals surface area contributed by atoms with Gasteiger partial charge in [0.15, 0.2) is 0 Å². The molecule has 2 heterocycles. The molecular formula is C31H39N3O3. The first-order valence-corrected chi connectivity index (χ1v) is 13.5. The number of esters is 1. The third-order valence-electron chi connectivity index (χ3n) is 8.21. The Balaban J connectivity index is 1.26. The van der Waals surface area contributed by atoms with Crippen LogP contribution < -0.4 is 9.64 Å². The first-order chi connectivity index (χ1) is 18.2. The van der Waals surface area contributed by atoms with Gasteiger partial charge in [-0.1, -0.05) is 54.6 Å². The Labute approximate surface area is 220 Å². The highest BCUT2D eigenvalue weighted by Gasteiger charge is 2.35. The molecule has 0 bridgehead atoms. The number of carbonyl (C=O) groups is 1. The molecule has 6 heteroatoms. The number of likely N-dealkylation sites (tertiary alicyclic amines) is 1. The molecule has 3 aromatic carbocycles. The van der Waals surface area contributed by atoms with Crippen LogP contribution in [0.25, 0.3) is 10.8 Å². The van der Waals surface area contributed by atoms with Gasteiger partial charge >= 0.3 is 5.97 Å². The second kappa shape index (κ2) is 12.0. The van der Waals surface area contributed by atoms with Crippen LogP contribution >= 0.6 is 0 Å². The highest BCUT2D eigenvalue weighted by molar-refractivity contribution is 5.85. The molecule has 0 aromatic heterocycles. The lowest BCUT2D eigenvalue weighted by Crippen LogP contribution is -2.56. The summed E-state index contributed by atoms with van der Waals surface area (Å²) in [6.45, 7) is 7.07. The molecule has 0 spiro atoms. The number of anilines is 1. The summed E-state index contributed by atoms with van der Waals surface area (Å²) in [6, 6.07) is 24.1. The molecule has 5 rings (SSSR count). The van der Waals surface area contributed by atoms with E-state index in [0.717, 1.165) is 64.4 Å². The van der Waals surface area contributed by atoms with Crippen LogP contribution in [0.5, 0.6) is 5.75 Å². The number of benzene rings is 3. The number of piperidine rings is 1. The molecule has 0 N–H and O–H groups in total. The number of hydrogen-bond donors (Lipinski definition) is 0. The van der Waals surface area contributed by atoms with Crippen molar-refractivity contribution >= 4 is 22.4 Å². The smallest absolute Gasteiger partial charge is 0.305 e. The van der Waals surface area contributed by atoms with Crippen molar-refractivity contribution in [3.63, 3.8) is 0 Å². The highest BCUT2D eigenvalue weighted by Crippen LogP contribution is 2.32. The van der Waals surface area contributed by atoms with Crippen molar-refractivity contribution < 1.29 is 14.3 Å².